The number of hydrogen-bond acceptors (Lipinski definition) is 1. The number of fused-ring (bicyclic) bond motifs is 6. The smallest absolute Gasteiger partial charge is 0.416 e. The van der Waals surface area contributed by atoms with Crippen molar-refractivity contribution < 1.29 is 30.8 Å². The van der Waals surface area contributed by atoms with Gasteiger partial charge in [0.25, 0.3) is 0 Å². The van der Waals surface area contributed by atoms with Crippen molar-refractivity contribution in [3.05, 3.63) is 199 Å². The van der Waals surface area contributed by atoms with Crippen molar-refractivity contribution in [1.82, 2.24) is 0 Å². The Bertz CT molecular complexity index is 3380. The third-order valence-electron chi connectivity index (χ3n) is 11.9. The molecule has 0 aliphatic heterocycles. The van der Waals surface area contributed by atoms with E-state index in [4.69, 9.17) is 4.42 Å². The van der Waals surface area contributed by atoms with Crippen molar-refractivity contribution in [2.24, 2.45) is 0 Å². The van der Waals surface area contributed by atoms with Crippen LogP contribution in [0.5, 0.6) is 0 Å². The van der Waals surface area contributed by atoms with E-state index in [0.29, 0.717) is 22.3 Å². The zero-order valence-electron chi connectivity index (χ0n) is 33.1. The summed E-state index contributed by atoms with van der Waals surface area (Å²) in [6.07, 6.45) is -3.33. The van der Waals surface area contributed by atoms with Crippen LogP contribution in [-0.4, -0.2) is 0 Å². The van der Waals surface area contributed by atoms with Gasteiger partial charge in [0, 0.05) is 10.8 Å². The SMILES string of the molecule is C=C/C=C\c1c(C)c(-c2ccc(C(F)(F)F)cc2)c2ccccc2c1-c1cccc2oc3ccc(-c4c5ccccc5c(-c5ccc(C(F)(F)F)cc5)c5ccccc45)cc3c12. The van der Waals surface area contributed by atoms with Crippen LogP contribution in [-0.2, 0) is 12.4 Å². The lowest BCUT2D eigenvalue weighted by atomic mass is 9.82. The Hall–Kier alpha value is -7.38. The highest BCUT2D eigenvalue weighted by atomic mass is 19.4. The molecule has 0 saturated carbocycles. The minimum atomic E-state index is -4.46. The average molecular weight is 825 g/mol. The van der Waals surface area contributed by atoms with E-state index >= 15 is 0 Å². The minimum absolute atomic E-state index is 0.673. The van der Waals surface area contributed by atoms with E-state index in [1.54, 1.807) is 18.2 Å². The Morgan fingerprint density at radius 3 is 1.40 bits per heavy atom. The topological polar surface area (TPSA) is 13.1 Å². The maximum Gasteiger partial charge on any atom is 0.416 e. The summed E-state index contributed by atoms with van der Waals surface area (Å²) in [6.45, 7) is 5.94. The number of allylic oxidation sites excluding steroid dienone is 2. The number of alkyl halides is 6. The summed E-state index contributed by atoms with van der Waals surface area (Å²) < 4.78 is 88.3. The van der Waals surface area contributed by atoms with Gasteiger partial charge in [-0.2, -0.15) is 26.3 Å². The lowest BCUT2D eigenvalue weighted by Gasteiger charge is -2.21. The fourth-order valence-corrected chi connectivity index (χ4v) is 9.22. The monoisotopic (exact) mass is 824 g/mol. The molecule has 302 valence electrons. The molecule has 0 bridgehead atoms. The molecule has 0 saturated heterocycles. The van der Waals surface area contributed by atoms with Crippen LogP contribution in [0, 0.1) is 6.92 Å². The van der Waals surface area contributed by atoms with E-state index in [1.165, 1.54) is 12.1 Å². The first-order valence-electron chi connectivity index (χ1n) is 20.0. The van der Waals surface area contributed by atoms with Gasteiger partial charge in [-0.25, -0.2) is 0 Å². The molecule has 1 aromatic heterocycles. The van der Waals surface area contributed by atoms with Crippen LogP contribution in [0.15, 0.2) is 181 Å². The lowest BCUT2D eigenvalue weighted by Crippen LogP contribution is -2.04. The van der Waals surface area contributed by atoms with E-state index in [9.17, 15) is 26.3 Å². The highest BCUT2D eigenvalue weighted by Crippen LogP contribution is 2.49. The highest BCUT2D eigenvalue weighted by Gasteiger charge is 2.31. The Kier molecular flexibility index (Phi) is 9.18. The average Bonchev–Trinajstić information content (AvgIpc) is 3.65. The highest BCUT2D eigenvalue weighted by molar-refractivity contribution is 6.23. The zero-order chi connectivity index (χ0) is 42.9. The predicted octanol–water partition coefficient (Wildman–Crippen LogP) is 17.3. The molecular weight excluding hydrogens is 791 g/mol. The fraction of sp³-hybridized carbons (Fsp3) is 0.0545. The largest absolute Gasteiger partial charge is 0.456 e. The standard InChI is InChI=1S/C55H34F6O/c1-3-4-12-38-32(2)49(33-21-26-36(27-22-33)54(56,57)58)39-13-5-10-18-44(39)52(38)45-19-11-20-48-53(45)46-31-35(25-30-47(46)62-48)51-42-16-8-6-14-40(42)50(41-15-7-9-17-43(41)51)34-23-28-37(29-24-34)55(59,60)61/h3-31H,1H2,2H3/b12-4-. The Morgan fingerprint density at radius 2 is 0.903 bits per heavy atom. The van der Waals surface area contributed by atoms with Crippen molar-refractivity contribution in [3.63, 3.8) is 0 Å². The minimum Gasteiger partial charge on any atom is -0.456 e. The van der Waals surface area contributed by atoms with Gasteiger partial charge in [0.15, 0.2) is 0 Å². The predicted molar refractivity (Wildman–Crippen MR) is 242 cm³/mol. The van der Waals surface area contributed by atoms with Gasteiger partial charge in [0.2, 0.25) is 0 Å². The number of rotatable bonds is 6. The van der Waals surface area contributed by atoms with Gasteiger partial charge < -0.3 is 4.42 Å². The van der Waals surface area contributed by atoms with Gasteiger partial charge in [0.1, 0.15) is 11.2 Å². The van der Waals surface area contributed by atoms with Crippen LogP contribution in [0.3, 0.4) is 0 Å². The van der Waals surface area contributed by atoms with Crippen LogP contribution in [0.25, 0.3) is 105 Å². The summed E-state index contributed by atoms with van der Waals surface area (Å²) in [7, 11) is 0. The molecule has 0 aliphatic rings. The lowest BCUT2D eigenvalue weighted by molar-refractivity contribution is -0.138. The molecule has 62 heavy (non-hydrogen) atoms. The van der Waals surface area contributed by atoms with Crippen molar-refractivity contribution in [1.29, 1.82) is 0 Å². The number of furan rings is 1. The van der Waals surface area contributed by atoms with E-state index in [-0.39, 0.29) is 0 Å². The van der Waals surface area contributed by atoms with E-state index < -0.39 is 23.5 Å². The van der Waals surface area contributed by atoms with Crippen LogP contribution in [0.2, 0.25) is 0 Å². The molecule has 0 radical (unpaired) electrons. The number of benzene rings is 9. The maximum atomic E-state index is 13.6. The number of hydrogen-bond donors (Lipinski definition) is 0. The summed E-state index contributed by atoms with van der Waals surface area (Å²) in [4.78, 5) is 0. The van der Waals surface area contributed by atoms with E-state index in [0.717, 1.165) is 112 Å². The summed E-state index contributed by atoms with van der Waals surface area (Å²) in [5.74, 6) is 0. The summed E-state index contributed by atoms with van der Waals surface area (Å²) in [6, 6.07) is 46.8. The Morgan fingerprint density at radius 1 is 0.452 bits per heavy atom. The molecular formula is C55H34F6O. The summed E-state index contributed by atoms with van der Waals surface area (Å²) in [5.41, 5.74) is 8.61. The van der Waals surface area contributed by atoms with Crippen molar-refractivity contribution in [2.45, 2.75) is 19.3 Å². The van der Waals surface area contributed by atoms with Crippen LogP contribution in [0.4, 0.5) is 26.3 Å². The van der Waals surface area contributed by atoms with Gasteiger partial charge in [-0.05, 0) is 137 Å². The van der Waals surface area contributed by atoms with Crippen LogP contribution < -0.4 is 0 Å². The molecule has 0 N–H and O–H groups in total. The first-order chi connectivity index (χ1) is 29.9. The van der Waals surface area contributed by atoms with Gasteiger partial charge in [-0.3, -0.25) is 0 Å². The normalized spacial score (nSPS) is 12.4. The second-order valence-corrected chi connectivity index (χ2v) is 15.4. The molecule has 0 fully saturated rings. The van der Waals surface area contributed by atoms with E-state index in [2.05, 4.69) is 30.8 Å². The van der Waals surface area contributed by atoms with Gasteiger partial charge in [-0.15, -0.1) is 0 Å². The van der Waals surface area contributed by atoms with Crippen LogP contribution >= 0.6 is 0 Å². The van der Waals surface area contributed by atoms with Crippen molar-refractivity contribution >= 4 is 60.3 Å². The summed E-state index contributed by atoms with van der Waals surface area (Å²) >= 11 is 0. The third-order valence-corrected chi connectivity index (χ3v) is 11.9. The number of halogens is 6. The Balaban J connectivity index is 1.23. The van der Waals surface area contributed by atoms with Crippen molar-refractivity contribution in [2.75, 3.05) is 0 Å². The summed E-state index contributed by atoms with van der Waals surface area (Å²) in [5, 5.41) is 7.33. The fourth-order valence-electron chi connectivity index (χ4n) is 9.22. The quantitative estimate of drug-likeness (QED) is 0.0925. The molecule has 0 amide bonds. The molecule has 10 rings (SSSR count). The van der Waals surface area contributed by atoms with Gasteiger partial charge in [0.05, 0.1) is 11.1 Å². The molecule has 9 aromatic carbocycles. The first-order valence-corrected chi connectivity index (χ1v) is 20.0. The molecule has 0 aliphatic carbocycles. The maximum absolute atomic E-state index is 13.6. The molecule has 1 nitrogen and oxygen atoms in total. The molecule has 1 heterocycles. The van der Waals surface area contributed by atoms with Crippen molar-refractivity contribution in [3.8, 4) is 44.5 Å². The second kappa shape index (κ2) is 14.7. The van der Waals surface area contributed by atoms with Crippen LogP contribution in [0.1, 0.15) is 22.3 Å². The molecule has 10 aromatic rings. The second-order valence-electron chi connectivity index (χ2n) is 15.4. The first kappa shape index (κ1) is 38.8. The van der Waals surface area contributed by atoms with Gasteiger partial charge in [-0.1, -0.05) is 140 Å². The molecule has 0 unspecified atom stereocenters. The molecule has 0 spiro atoms. The Labute approximate surface area is 352 Å². The third kappa shape index (κ3) is 6.35. The molecule has 0 atom stereocenters. The van der Waals surface area contributed by atoms with E-state index in [1.807, 2.05) is 104 Å². The van der Waals surface area contributed by atoms with Gasteiger partial charge >= 0.3 is 12.4 Å². The zero-order valence-corrected chi connectivity index (χ0v) is 33.1. The molecule has 7 heteroatoms.